The van der Waals surface area contributed by atoms with Crippen molar-refractivity contribution >= 4 is 16.8 Å². The van der Waals surface area contributed by atoms with E-state index < -0.39 is 5.54 Å². The Morgan fingerprint density at radius 2 is 2.00 bits per heavy atom. The van der Waals surface area contributed by atoms with E-state index >= 15 is 0 Å². The summed E-state index contributed by atoms with van der Waals surface area (Å²) in [6, 6.07) is 6.15. The maximum absolute atomic E-state index is 12.9. The number of carbonyl (C=O) groups excluding carboxylic acids is 1. The molecule has 2 aromatic rings. The third-order valence-corrected chi connectivity index (χ3v) is 4.47. The molecule has 1 fully saturated rings. The second-order valence-corrected chi connectivity index (χ2v) is 7.39. The predicted molar refractivity (Wildman–Crippen MR) is 93.8 cm³/mol. The quantitative estimate of drug-likeness (QED) is 0.911. The Kier molecular flexibility index (Phi) is 3.88. The number of hydrogen-bond donors (Lipinski definition) is 2. The average Bonchev–Trinajstić information content (AvgIpc) is 3.30. The number of nitrogens with one attached hydrogen (secondary N) is 1. The molecule has 1 aromatic carbocycles. The molecule has 23 heavy (non-hydrogen) atoms. The number of rotatable bonds is 4. The van der Waals surface area contributed by atoms with Gasteiger partial charge in [-0.05, 0) is 58.2 Å². The number of aryl methyl sites for hydroxylation is 2. The Labute approximate surface area is 137 Å². The van der Waals surface area contributed by atoms with Gasteiger partial charge in [0, 0.05) is 29.1 Å². The van der Waals surface area contributed by atoms with Crippen LogP contribution in [0.1, 0.15) is 59.8 Å². The number of aromatic nitrogens is 1. The van der Waals surface area contributed by atoms with Crippen molar-refractivity contribution in [2.45, 2.75) is 52.0 Å². The molecule has 0 spiro atoms. The fourth-order valence-electron chi connectivity index (χ4n) is 2.90. The summed E-state index contributed by atoms with van der Waals surface area (Å²) in [4.78, 5) is 17.7. The van der Waals surface area contributed by atoms with E-state index in [2.05, 4.69) is 24.4 Å². The topological polar surface area (TPSA) is 68.0 Å². The van der Waals surface area contributed by atoms with Gasteiger partial charge in [-0.25, -0.2) is 0 Å². The SMILES string of the molecule is Cc1cc(C)c2nc(C3CC3)cc(C(=O)NC(C)(C)CN)c2c1. The Hall–Kier alpha value is -1.94. The highest BCUT2D eigenvalue weighted by molar-refractivity contribution is 6.07. The van der Waals surface area contributed by atoms with Crippen molar-refractivity contribution < 1.29 is 4.79 Å². The molecular formula is C19H25N3O. The maximum Gasteiger partial charge on any atom is 0.252 e. The van der Waals surface area contributed by atoms with E-state index in [1.165, 1.54) is 12.8 Å². The van der Waals surface area contributed by atoms with Crippen molar-refractivity contribution in [1.29, 1.82) is 0 Å². The number of fused-ring (bicyclic) bond motifs is 1. The molecule has 4 nitrogen and oxygen atoms in total. The van der Waals surface area contributed by atoms with E-state index in [1.54, 1.807) is 0 Å². The number of benzene rings is 1. The van der Waals surface area contributed by atoms with Crippen molar-refractivity contribution in [2.75, 3.05) is 6.54 Å². The lowest BCUT2D eigenvalue weighted by Gasteiger charge is -2.25. The third kappa shape index (κ3) is 3.22. The van der Waals surface area contributed by atoms with Crippen molar-refractivity contribution in [3.63, 3.8) is 0 Å². The van der Waals surface area contributed by atoms with Crippen LogP contribution in [0.3, 0.4) is 0 Å². The zero-order chi connectivity index (χ0) is 16.8. The average molecular weight is 311 g/mol. The molecule has 0 bridgehead atoms. The minimum atomic E-state index is -0.425. The molecule has 1 saturated carbocycles. The summed E-state index contributed by atoms with van der Waals surface area (Å²) in [6.45, 7) is 8.38. The molecule has 1 aliphatic carbocycles. The molecular weight excluding hydrogens is 286 g/mol. The fourth-order valence-corrected chi connectivity index (χ4v) is 2.90. The first-order valence-electron chi connectivity index (χ1n) is 8.25. The zero-order valence-electron chi connectivity index (χ0n) is 14.4. The summed E-state index contributed by atoms with van der Waals surface area (Å²) in [7, 11) is 0. The summed E-state index contributed by atoms with van der Waals surface area (Å²) < 4.78 is 0. The first-order valence-corrected chi connectivity index (χ1v) is 8.25. The Morgan fingerprint density at radius 3 is 2.61 bits per heavy atom. The van der Waals surface area contributed by atoms with Crippen LogP contribution in [0.2, 0.25) is 0 Å². The van der Waals surface area contributed by atoms with E-state index in [4.69, 9.17) is 10.7 Å². The number of hydrogen-bond acceptors (Lipinski definition) is 3. The number of nitrogens with two attached hydrogens (primary N) is 1. The monoisotopic (exact) mass is 311 g/mol. The van der Waals surface area contributed by atoms with Gasteiger partial charge in [-0.2, -0.15) is 0 Å². The second kappa shape index (κ2) is 5.60. The van der Waals surface area contributed by atoms with Gasteiger partial charge in [0.2, 0.25) is 0 Å². The van der Waals surface area contributed by atoms with Crippen LogP contribution in [-0.4, -0.2) is 23.0 Å². The lowest BCUT2D eigenvalue weighted by atomic mass is 9.99. The lowest BCUT2D eigenvalue weighted by Crippen LogP contribution is -2.48. The van der Waals surface area contributed by atoms with Crippen LogP contribution in [0, 0.1) is 13.8 Å². The van der Waals surface area contributed by atoms with Crippen LogP contribution in [-0.2, 0) is 0 Å². The number of amides is 1. The largest absolute Gasteiger partial charge is 0.346 e. The van der Waals surface area contributed by atoms with Gasteiger partial charge in [0.05, 0.1) is 11.1 Å². The van der Waals surface area contributed by atoms with Crippen molar-refractivity contribution in [3.8, 4) is 0 Å². The molecule has 3 N–H and O–H groups in total. The molecule has 0 unspecified atom stereocenters. The normalized spacial score (nSPS) is 15.0. The van der Waals surface area contributed by atoms with Crippen LogP contribution in [0.15, 0.2) is 18.2 Å². The van der Waals surface area contributed by atoms with Crippen LogP contribution in [0.25, 0.3) is 10.9 Å². The first-order chi connectivity index (χ1) is 10.8. The standard InChI is InChI=1S/C19H25N3O/c1-11-7-12(2)17-14(8-11)15(9-16(21-17)13-5-6-13)18(23)22-19(3,4)10-20/h7-9,13H,5-6,10,20H2,1-4H3,(H,22,23). The Morgan fingerprint density at radius 1 is 1.30 bits per heavy atom. The van der Waals surface area contributed by atoms with Gasteiger partial charge in [-0.15, -0.1) is 0 Å². The van der Waals surface area contributed by atoms with Gasteiger partial charge >= 0.3 is 0 Å². The summed E-state index contributed by atoms with van der Waals surface area (Å²) in [5.41, 5.74) is 10.3. The fraction of sp³-hybridized carbons (Fsp3) is 0.474. The van der Waals surface area contributed by atoms with Crippen LogP contribution in [0.5, 0.6) is 0 Å². The van der Waals surface area contributed by atoms with Gasteiger partial charge < -0.3 is 11.1 Å². The molecule has 1 heterocycles. The Bertz CT molecular complexity index is 776. The molecule has 122 valence electrons. The van der Waals surface area contributed by atoms with Gasteiger partial charge in [0.25, 0.3) is 5.91 Å². The summed E-state index contributed by atoms with van der Waals surface area (Å²) in [5.74, 6) is 0.439. The second-order valence-electron chi connectivity index (χ2n) is 7.39. The molecule has 1 amide bonds. The number of carbonyl (C=O) groups is 1. The number of pyridine rings is 1. The van der Waals surface area contributed by atoms with E-state index in [0.717, 1.165) is 27.7 Å². The van der Waals surface area contributed by atoms with Crippen LogP contribution >= 0.6 is 0 Å². The maximum atomic E-state index is 12.9. The van der Waals surface area contributed by atoms with Gasteiger partial charge in [-0.1, -0.05) is 11.6 Å². The van der Waals surface area contributed by atoms with Crippen LogP contribution in [0.4, 0.5) is 0 Å². The molecule has 1 aliphatic rings. The van der Waals surface area contributed by atoms with Gasteiger partial charge in [0.15, 0.2) is 0 Å². The minimum absolute atomic E-state index is 0.0697. The van der Waals surface area contributed by atoms with Gasteiger partial charge in [-0.3, -0.25) is 9.78 Å². The predicted octanol–water partition coefficient (Wildman–Crippen LogP) is 3.20. The summed E-state index contributed by atoms with van der Waals surface area (Å²) >= 11 is 0. The zero-order valence-corrected chi connectivity index (χ0v) is 14.4. The smallest absolute Gasteiger partial charge is 0.252 e. The van der Waals surface area contributed by atoms with Crippen LogP contribution < -0.4 is 11.1 Å². The van der Waals surface area contributed by atoms with E-state index in [1.807, 2.05) is 26.8 Å². The third-order valence-electron chi connectivity index (χ3n) is 4.47. The minimum Gasteiger partial charge on any atom is -0.346 e. The highest BCUT2D eigenvalue weighted by Gasteiger charge is 2.28. The summed E-state index contributed by atoms with van der Waals surface area (Å²) in [5, 5.41) is 3.98. The molecule has 0 aliphatic heterocycles. The van der Waals surface area contributed by atoms with E-state index in [0.29, 0.717) is 18.0 Å². The van der Waals surface area contributed by atoms with Gasteiger partial charge in [0.1, 0.15) is 0 Å². The highest BCUT2D eigenvalue weighted by Crippen LogP contribution is 2.40. The summed E-state index contributed by atoms with van der Waals surface area (Å²) in [6.07, 6.45) is 2.33. The van der Waals surface area contributed by atoms with Crippen molar-refractivity contribution in [3.05, 3.63) is 40.6 Å². The first kappa shape index (κ1) is 15.9. The lowest BCUT2D eigenvalue weighted by molar-refractivity contribution is 0.0917. The molecule has 1 aromatic heterocycles. The van der Waals surface area contributed by atoms with E-state index in [9.17, 15) is 4.79 Å². The molecule has 3 rings (SSSR count). The molecule has 0 atom stereocenters. The molecule has 4 heteroatoms. The molecule has 0 saturated heterocycles. The van der Waals surface area contributed by atoms with Crippen molar-refractivity contribution in [1.82, 2.24) is 10.3 Å². The molecule has 0 radical (unpaired) electrons. The van der Waals surface area contributed by atoms with Crippen molar-refractivity contribution in [2.24, 2.45) is 5.73 Å². The highest BCUT2D eigenvalue weighted by atomic mass is 16.1. The van der Waals surface area contributed by atoms with E-state index in [-0.39, 0.29) is 5.91 Å². The Balaban J connectivity index is 2.15. The number of nitrogens with zero attached hydrogens (tertiary/aromatic N) is 1.